The van der Waals surface area contributed by atoms with E-state index < -0.39 is 10.0 Å². The van der Waals surface area contributed by atoms with Crippen molar-refractivity contribution in [3.05, 3.63) is 64.5 Å². The topological polar surface area (TPSA) is 92.6 Å². The van der Waals surface area contributed by atoms with Gasteiger partial charge in [0.15, 0.2) is 0 Å². The van der Waals surface area contributed by atoms with Crippen LogP contribution in [0, 0.1) is 0 Å². The second-order valence-electron chi connectivity index (χ2n) is 5.97. The lowest BCUT2D eigenvalue weighted by atomic mass is 10.1. The summed E-state index contributed by atoms with van der Waals surface area (Å²) in [5.74, 6) is -0.0832. The molecular weight excluding hydrogens is 432 g/mol. The Hall–Kier alpha value is -2.23. The number of amides is 1. The highest BCUT2D eigenvalue weighted by atomic mass is 79.9. The highest BCUT2D eigenvalue weighted by molar-refractivity contribution is 9.10. The average Bonchev–Trinajstić information content (AvgIpc) is 3.07. The van der Waals surface area contributed by atoms with E-state index in [0.717, 1.165) is 21.4 Å². The summed E-state index contributed by atoms with van der Waals surface area (Å²) < 4.78 is 28.5. The molecule has 0 atom stereocenters. The van der Waals surface area contributed by atoms with Crippen molar-refractivity contribution in [1.82, 2.24) is 19.4 Å². The van der Waals surface area contributed by atoms with Crippen molar-refractivity contribution in [2.24, 2.45) is 0 Å². The minimum Gasteiger partial charge on any atom is -0.350 e. The number of pyridine rings is 1. The third-order valence-electron chi connectivity index (χ3n) is 4.07. The van der Waals surface area contributed by atoms with Crippen LogP contribution in [0.5, 0.6) is 0 Å². The zero-order valence-electron chi connectivity index (χ0n) is 14.6. The molecule has 2 heterocycles. The van der Waals surface area contributed by atoms with E-state index in [0.29, 0.717) is 19.4 Å². The number of nitrogens with one attached hydrogen (secondary N) is 2. The molecule has 3 rings (SSSR count). The van der Waals surface area contributed by atoms with Gasteiger partial charge in [0.2, 0.25) is 15.9 Å². The molecule has 1 aromatic carbocycles. The second-order valence-corrected chi connectivity index (χ2v) is 8.78. The third-order valence-corrected chi connectivity index (χ3v) is 5.97. The van der Waals surface area contributed by atoms with E-state index in [4.69, 9.17) is 0 Å². The highest BCUT2D eigenvalue weighted by Crippen LogP contribution is 2.13. The number of hydrogen-bond acceptors (Lipinski definition) is 4. The van der Waals surface area contributed by atoms with Crippen LogP contribution in [0.15, 0.2) is 58.2 Å². The molecule has 0 bridgehead atoms. The zero-order valence-corrected chi connectivity index (χ0v) is 17.0. The Kier molecular flexibility index (Phi) is 5.93. The van der Waals surface area contributed by atoms with E-state index in [2.05, 4.69) is 31.0 Å². The maximum atomic E-state index is 12.1. The minimum absolute atomic E-state index is 0.0832. The highest BCUT2D eigenvalue weighted by Gasteiger charge is 2.11. The maximum Gasteiger partial charge on any atom is 0.240 e. The summed E-state index contributed by atoms with van der Waals surface area (Å²) in [4.78, 5) is 16.7. The molecule has 27 heavy (non-hydrogen) atoms. The maximum absolute atomic E-state index is 12.1. The van der Waals surface area contributed by atoms with E-state index in [9.17, 15) is 13.2 Å². The van der Waals surface area contributed by atoms with Gasteiger partial charge < -0.3 is 9.72 Å². The van der Waals surface area contributed by atoms with Gasteiger partial charge in [0, 0.05) is 23.3 Å². The first kappa shape index (κ1) is 19.5. The Morgan fingerprint density at radius 3 is 2.59 bits per heavy atom. The fourth-order valence-corrected chi connectivity index (χ4v) is 3.67. The molecule has 0 unspecified atom stereocenters. The van der Waals surface area contributed by atoms with Crippen LogP contribution in [0.4, 0.5) is 0 Å². The number of carbonyl (C=O) groups excluding carboxylic acids is 1. The van der Waals surface area contributed by atoms with Crippen LogP contribution in [-0.2, 0) is 27.8 Å². The molecule has 0 saturated heterocycles. The van der Waals surface area contributed by atoms with Crippen LogP contribution in [-0.4, -0.2) is 30.8 Å². The summed E-state index contributed by atoms with van der Waals surface area (Å²) in [5, 5.41) is 2.86. The molecule has 0 radical (unpaired) electrons. The van der Waals surface area contributed by atoms with Crippen LogP contribution in [0.2, 0.25) is 0 Å². The lowest BCUT2D eigenvalue weighted by Crippen LogP contribution is -2.23. The Labute approximate surface area is 166 Å². The molecule has 0 aliphatic heterocycles. The summed E-state index contributed by atoms with van der Waals surface area (Å²) in [6, 6.07) is 10.3. The molecule has 2 aromatic heterocycles. The number of aryl methyl sites for hydroxylation is 1. The van der Waals surface area contributed by atoms with Crippen LogP contribution in [0.3, 0.4) is 0 Å². The lowest BCUT2D eigenvalue weighted by molar-refractivity contribution is -0.121. The van der Waals surface area contributed by atoms with Crippen LogP contribution >= 0.6 is 15.9 Å². The molecule has 0 spiro atoms. The standard InChI is InChI=1S/C18H19BrN4O3S/c1-20-27(25,26)16-6-2-13(3-7-16)4-9-18(24)21-10-15-12-23-11-14(19)5-8-17(23)22-15/h2-3,5-8,11-12,20H,4,9-10H2,1H3,(H,21,24). The summed E-state index contributed by atoms with van der Waals surface area (Å²) in [6.07, 6.45) is 4.63. The molecule has 0 fully saturated rings. The molecule has 0 saturated carbocycles. The largest absolute Gasteiger partial charge is 0.350 e. The summed E-state index contributed by atoms with van der Waals surface area (Å²) in [5.41, 5.74) is 2.50. The molecule has 7 nitrogen and oxygen atoms in total. The Morgan fingerprint density at radius 2 is 1.89 bits per heavy atom. The predicted octanol–water partition coefficient (Wildman–Crippen LogP) is 2.25. The van der Waals surface area contributed by atoms with Gasteiger partial charge in [0.05, 0.1) is 17.1 Å². The van der Waals surface area contributed by atoms with E-state index >= 15 is 0 Å². The Bertz CT molecular complexity index is 1060. The fraction of sp³-hybridized carbons (Fsp3) is 0.222. The number of benzene rings is 1. The molecule has 142 valence electrons. The van der Waals surface area contributed by atoms with Crippen LogP contribution in [0.1, 0.15) is 17.7 Å². The van der Waals surface area contributed by atoms with Gasteiger partial charge in [0.25, 0.3) is 0 Å². The quantitative estimate of drug-likeness (QED) is 0.577. The SMILES string of the molecule is CNS(=O)(=O)c1ccc(CCC(=O)NCc2cn3cc(Br)ccc3n2)cc1. The second kappa shape index (κ2) is 8.20. The lowest BCUT2D eigenvalue weighted by Gasteiger charge is -2.05. The van der Waals surface area contributed by atoms with Gasteiger partial charge in [-0.25, -0.2) is 18.1 Å². The van der Waals surface area contributed by atoms with Crippen molar-refractivity contribution >= 4 is 37.5 Å². The summed E-state index contributed by atoms with van der Waals surface area (Å²) in [7, 11) is -2.07. The van der Waals surface area contributed by atoms with Gasteiger partial charge in [-0.15, -0.1) is 0 Å². The summed E-state index contributed by atoms with van der Waals surface area (Å²) >= 11 is 3.41. The van der Waals surface area contributed by atoms with Gasteiger partial charge in [0.1, 0.15) is 5.65 Å². The number of nitrogens with zero attached hydrogens (tertiary/aromatic N) is 2. The number of imidazole rings is 1. The van der Waals surface area contributed by atoms with Gasteiger partial charge in [-0.1, -0.05) is 12.1 Å². The fourth-order valence-electron chi connectivity index (χ4n) is 2.59. The van der Waals surface area contributed by atoms with Crippen LogP contribution in [0.25, 0.3) is 5.65 Å². The number of sulfonamides is 1. The molecule has 1 amide bonds. The molecule has 2 N–H and O–H groups in total. The van der Waals surface area contributed by atoms with Crippen molar-refractivity contribution in [3.8, 4) is 0 Å². The van der Waals surface area contributed by atoms with E-state index in [1.807, 2.05) is 28.9 Å². The average molecular weight is 451 g/mol. The first-order chi connectivity index (χ1) is 12.9. The molecular formula is C18H19BrN4O3S. The zero-order chi connectivity index (χ0) is 19.4. The van der Waals surface area contributed by atoms with Crippen molar-refractivity contribution in [2.45, 2.75) is 24.3 Å². The Morgan fingerprint density at radius 1 is 1.15 bits per heavy atom. The normalized spacial score (nSPS) is 11.6. The number of aromatic nitrogens is 2. The third kappa shape index (κ3) is 4.94. The first-order valence-electron chi connectivity index (χ1n) is 8.30. The first-order valence-corrected chi connectivity index (χ1v) is 10.6. The number of carbonyl (C=O) groups is 1. The van der Waals surface area contributed by atoms with Gasteiger partial charge >= 0.3 is 0 Å². The van der Waals surface area contributed by atoms with Gasteiger partial charge in [-0.3, -0.25) is 4.79 Å². The van der Waals surface area contributed by atoms with Crippen molar-refractivity contribution in [3.63, 3.8) is 0 Å². The smallest absolute Gasteiger partial charge is 0.240 e. The number of halogens is 1. The minimum atomic E-state index is -3.44. The molecule has 3 aromatic rings. The van der Waals surface area contributed by atoms with E-state index in [1.54, 1.807) is 12.1 Å². The number of rotatable bonds is 7. The predicted molar refractivity (Wildman–Crippen MR) is 106 cm³/mol. The van der Waals surface area contributed by atoms with Gasteiger partial charge in [-0.05, 0) is 59.2 Å². The van der Waals surface area contributed by atoms with Crippen molar-refractivity contribution in [2.75, 3.05) is 7.05 Å². The summed E-state index contributed by atoms with van der Waals surface area (Å²) in [6.45, 7) is 0.359. The number of fused-ring (bicyclic) bond motifs is 1. The molecule has 0 aliphatic rings. The Balaban J connectivity index is 1.52. The van der Waals surface area contributed by atoms with Crippen molar-refractivity contribution in [1.29, 1.82) is 0 Å². The van der Waals surface area contributed by atoms with Crippen LogP contribution < -0.4 is 10.0 Å². The van der Waals surface area contributed by atoms with Crippen molar-refractivity contribution < 1.29 is 13.2 Å². The monoisotopic (exact) mass is 450 g/mol. The van der Waals surface area contributed by atoms with E-state index in [-0.39, 0.29) is 10.8 Å². The van der Waals surface area contributed by atoms with E-state index in [1.165, 1.54) is 19.2 Å². The molecule has 9 heteroatoms. The number of hydrogen-bond donors (Lipinski definition) is 2. The molecule has 0 aliphatic carbocycles. The van der Waals surface area contributed by atoms with Gasteiger partial charge in [-0.2, -0.15) is 0 Å².